The normalized spacial score (nSPS) is 10.8. The molecule has 0 atom stereocenters. The van der Waals surface area contributed by atoms with Crippen molar-refractivity contribution in [3.63, 3.8) is 0 Å². The van der Waals surface area contributed by atoms with Crippen LogP contribution in [0.25, 0.3) is 11.0 Å². The number of hydrogen-bond acceptors (Lipinski definition) is 4. The van der Waals surface area contributed by atoms with Crippen LogP contribution in [0.2, 0.25) is 0 Å². The lowest BCUT2D eigenvalue weighted by molar-refractivity contribution is 0.468. The van der Waals surface area contributed by atoms with Crippen molar-refractivity contribution in [1.82, 2.24) is 19.7 Å². The zero-order valence-electron chi connectivity index (χ0n) is 10.2. The standard InChI is InChI=1S/C13H12N4O/c1-9-3-5-10(6-4-9)18-13-11-7-16-17(2)12(11)14-8-15-13/h3-8H,1-2H3. The number of fused-ring (bicyclic) bond motifs is 1. The summed E-state index contributed by atoms with van der Waals surface area (Å²) in [6, 6.07) is 7.83. The lowest BCUT2D eigenvalue weighted by Gasteiger charge is -2.05. The van der Waals surface area contributed by atoms with Gasteiger partial charge in [0.15, 0.2) is 5.65 Å². The second-order valence-corrected chi connectivity index (χ2v) is 4.10. The number of rotatable bonds is 2. The van der Waals surface area contributed by atoms with E-state index in [1.54, 1.807) is 10.9 Å². The molecule has 5 heteroatoms. The maximum absolute atomic E-state index is 5.76. The highest BCUT2D eigenvalue weighted by molar-refractivity contribution is 5.79. The van der Waals surface area contributed by atoms with Crippen LogP contribution in [0.4, 0.5) is 0 Å². The van der Waals surface area contributed by atoms with Gasteiger partial charge in [-0.15, -0.1) is 0 Å². The molecule has 0 fully saturated rings. The lowest BCUT2D eigenvalue weighted by atomic mass is 10.2. The topological polar surface area (TPSA) is 52.8 Å². The molecular formula is C13H12N4O. The Morgan fingerprint density at radius 2 is 1.89 bits per heavy atom. The van der Waals surface area contributed by atoms with E-state index in [1.807, 2.05) is 38.2 Å². The smallest absolute Gasteiger partial charge is 0.233 e. The predicted octanol–water partition coefficient (Wildman–Crippen LogP) is 2.46. The van der Waals surface area contributed by atoms with Gasteiger partial charge in [0.25, 0.3) is 0 Å². The van der Waals surface area contributed by atoms with E-state index in [0.717, 1.165) is 16.8 Å². The number of benzene rings is 1. The van der Waals surface area contributed by atoms with Crippen molar-refractivity contribution in [2.75, 3.05) is 0 Å². The maximum atomic E-state index is 5.76. The van der Waals surface area contributed by atoms with Crippen LogP contribution in [0, 0.1) is 6.92 Å². The van der Waals surface area contributed by atoms with E-state index in [-0.39, 0.29) is 0 Å². The third-order valence-corrected chi connectivity index (χ3v) is 2.73. The zero-order chi connectivity index (χ0) is 12.5. The van der Waals surface area contributed by atoms with Crippen molar-refractivity contribution < 1.29 is 4.74 Å². The predicted molar refractivity (Wildman–Crippen MR) is 67.6 cm³/mol. The first kappa shape index (κ1) is 10.7. The van der Waals surface area contributed by atoms with Gasteiger partial charge in [0.1, 0.15) is 17.5 Å². The van der Waals surface area contributed by atoms with Gasteiger partial charge >= 0.3 is 0 Å². The number of nitrogens with zero attached hydrogens (tertiary/aromatic N) is 4. The molecular weight excluding hydrogens is 228 g/mol. The first-order valence-corrected chi connectivity index (χ1v) is 5.61. The summed E-state index contributed by atoms with van der Waals surface area (Å²) in [6.07, 6.45) is 3.19. The minimum atomic E-state index is 0.525. The number of hydrogen-bond donors (Lipinski definition) is 0. The summed E-state index contributed by atoms with van der Waals surface area (Å²) in [4.78, 5) is 8.32. The fraction of sp³-hybridized carbons (Fsp3) is 0.154. The number of aromatic nitrogens is 4. The van der Waals surface area contributed by atoms with Crippen LogP contribution in [0.3, 0.4) is 0 Å². The molecule has 0 N–H and O–H groups in total. The SMILES string of the molecule is Cc1ccc(Oc2ncnc3c2cnn3C)cc1. The van der Waals surface area contributed by atoms with E-state index in [9.17, 15) is 0 Å². The summed E-state index contributed by atoms with van der Waals surface area (Å²) in [5, 5.41) is 4.95. The molecule has 18 heavy (non-hydrogen) atoms. The molecule has 0 saturated carbocycles. The largest absolute Gasteiger partial charge is 0.438 e. The Morgan fingerprint density at radius 1 is 1.11 bits per heavy atom. The Bertz CT molecular complexity index is 688. The average Bonchev–Trinajstić information content (AvgIpc) is 2.76. The summed E-state index contributed by atoms with van der Waals surface area (Å²) in [7, 11) is 1.84. The first-order chi connectivity index (χ1) is 8.74. The molecule has 0 spiro atoms. The van der Waals surface area contributed by atoms with E-state index < -0.39 is 0 Å². The maximum Gasteiger partial charge on any atom is 0.233 e. The van der Waals surface area contributed by atoms with Crippen LogP contribution in [0.5, 0.6) is 11.6 Å². The highest BCUT2D eigenvalue weighted by Gasteiger charge is 2.09. The quantitative estimate of drug-likeness (QED) is 0.690. The van der Waals surface area contributed by atoms with Gasteiger partial charge in [-0.2, -0.15) is 5.10 Å². The van der Waals surface area contributed by atoms with Gasteiger partial charge in [-0.1, -0.05) is 17.7 Å². The fourth-order valence-electron chi connectivity index (χ4n) is 1.74. The van der Waals surface area contributed by atoms with E-state index in [1.165, 1.54) is 11.9 Å². The van der Waals surface area contributed by atoms with Crippen molar-refractivity contribution in [3.8, 4) is 11.6 Å². The molecule has 0 unspecified atom stereocenters. The summed E-state index contributed by atoms with van der Waals surface area (Å²) in [5.74, 6) is 1.28. The van der Waals surface area contributed by atoms with Gasteiger partial charge in [-0.3, -0.25) is 4.68 Å². The zero-order valence-corrected chi connectivity index (χ0v) is 10.2. The van der Waals surface area contributed by atoms with Crippen LogP contribution in [0.15, 0.2) is 36.8 Å². The lowest BCUT2D eigenvalue weighted by Crippen LogP contribution is -1.94. The Kier molecular flexibility index (Phi) is 2.44. The summed E-state index contributed by atoms with van der Waals surface area (Å²) in [5.41, 5.74) is 1.95. The molecule has 0 aliphatic carbocycles. The third kappa shape index (κ3) is 1.79. The van der Waals surface area contributed by atoms with E-state index in [4.69, 9.17) is 4.74 Å². The van der Waals surface area contributed by atoms with Crippen molar-refractivity contribution in [1.29, 1.82) is 0 Å². The molecule has 2 heterocycles. The van der Waals surface area contributed by atoms with E-state index in [0.29, 0.717) is 5.88 Å². The molecule has 0 saturated heterocycles. The van der Waals surface area contributed by atoms with Gasteiger partial charge in [0, 0.05) is 7.05 Å². The molecule has 1 aromatic carbocycles. The van der Waals surface area contributed by atoms with Crippen LogP contribution in [-0.4, -0.2) is 19.7 Å². The molecule has 0 aliphatic rings. The fourth-order valence-corrected chi connectivity index (χ4v) is 1.74. The van der Waals surface area contributed by atoms with Gasteiger partial charge < -0.3 is 4.74 Å². The van der Waals surface area contributed by atoms with Crippen LogP contribution in [0.1, 0.15) is 5.56 Å². The average molecular weight is 240 g/mol. The number of aryl methyl sites for hydroxylation is 2. The van der Waals surface area contributed by atoms with E-state index >= 15 is 0 Å². The van der Waals surface area contributed by atoms with E-state index in [2.05, 4.69) is 15.1 Å². The third-order valence-electron chi connectivity index (χ3n) is 2.73. The Morgan fingerprint density at radius 3 is 2.67 bits per heavy atom. The second kappa shape index (κ2) is 4.10. The molecule has 0 bridgehead atoms. The van der Waals surface area contributed by atoms with Crippen molar-refractivity contribution in [3.05, 3.63) is 42.4 Å². The Balaban J connectivity index is 2.02. The van der Waals surface area contributed by atoms with Crippen LogP contribution in [-0.2, 0) is 7.05 Å². The van der Waals surface area contributed by atoms with Gasteiger partial charge in [0.2, 0.25) is 5.88 Å². The van der Waals surface area contributed by atoms with Crippen molar-refractivity contribution in [2.24, 2.45) is 7.05 Å². The minimum absolute atomic E-state index is 0.525. The number of ether oxygens (including phenoxy) is 1. The second-order valence-electron chi connectivity index (χ2n) is 4.10. The summed E-state index contributed by atoms with van der Waals surface area (Å²) in [6.45, 7) is 2.04. The molecule has 0 radical (unpaired) electrons. The molecule has 0 amide bonds. The van der Waals surface area contributed by atoms with Crippen molar-refractivity contribution in [2.45, 2.75) is 6.92 Å². The first-order valence-electron chi connectivity index (χ1n) is 5.61. The summed E-state index contributed by atoms with van der Waals surface area (Å²) >= 11 is 0. The molecule has 90 valence electrons. The molecule has 5 nitrogen and oxygen atoms in total. The van der Waals surface area contributed by atoms with Crippen LogP contribution < -0.4 is 4.74 Å². The van der Waals surface area contributed by atoms with Gasteiger partial charge in [-0.25, -0.2) is 9.97 Å². The van der Waals surface area contributed by atoms with Crippen molar-refractivity contribution >= 4 is 11.0 Å². The monoisotopic (exact) mass is 240 g/mol. The molecule has 3 rings (SSSR count). The van der Waals surface area contributed by atoms with Gasteiger partial charge in [-0.05, 0) is 19.1 Å². The molecule has 0 aliphatic heterocycles. The van der Waals surface area contributed by atoms with Crippen LogP contribution >= 0.6 is 0 Å². The minimum Gasteiger partial charge on any atom is -0.438 e. The van der Waals surface area contributed by atoms with Gasteiger partial charge in [0.05, 0.1) is 6.20 Å². The summed E-state index contributed by atoms with van der Waals surface area (Å²) < 4.78 is 7.45. The Labute approximate surface area is 104 Å². The molecule has 3 aromatic rings. The Hall–Kier alpha value is -2.43. The highest BCUT2D eigenvalue weighted by Crippen LogP contribution is 2.25. The molecule has 2 aromatic heterocycles. The highest BCUT2D eigenvalue weighted by atomic mass is 16.5.